The Morgan fingerprint density at radius 3 is 2.19 bits per heavy atom. The van der Waals surface area contributed by atoms with Gasteiger partial charge in [0.1, 0.15) is 0 Å². The lowest BCUT2D eigenvalue weighted by atomic mass is 9.85. The molecule has 1 fully saturated rings. The Bertz CT molecular complexity index is 1240. The molecule has 1 atom stereocenters. The molecular formula is C29H31ClN4O2. The van der Waals surface area contributed by atoms with Crippen LogP contribution in [-0.4, -0.2) is 55.0 Å². The Kier molecular flexibility index (Phi) is 7.10. The summed E-state index contributed by atoms with van der Waals surface area (Å²) in [7, 11) is 0. The first-order valence-electron chi connectivity index (χ1n) is 12.6. The molecule has 7 heteroatoms. The highest BCUT2D eigenvalue weighted by atomic mass is 35.5. The summed E-state index contributed by atoms with van der Waals surface area (Å²) in [6.45, 7) is 5.32. The molecule has 0 aromatic heterocycles. The molecule has 0 bridgehead atoms. The molecule has 6 nitrogen and oxygen atoms in total. The first-order valence-corrected chi connectivity index (χ1v) is 12.9. The van der Waals surface area contributed by atoms with Crippen molar-refractivity contribution in [3.8, 4) is 11.1 Å². The van der Waals surface area contributed by atoms with Gasteiger partial charge in [-0.25, -0.2) is 0 Å². The number of nitrogens with zero attached hydrogens (tertiary/aromatic N) is 2. The van der Waals surface area contributed by atoms with Gasteiger partial charge in [-0.2, -0.15) is 0 Å². The van der Waals surface area contributed by atoms with E-state index in [1.54, 1.807) is 4.90 Å². The topological polar surface area (TPSA) is 64.7 Å². The average Bonchev–Trinajstić information content (AvgIpc) is 2.99. The summed E-state index contributed by atoms with van der Waals surface area (Å²) in [6.07, 6.45) is 1.09. The Balaban J connectivity index is 1.56. The van der Waals surface area contributed by atoms with Crippen LogP contribution in [0, 0.1) is 0 Å². The third-order valence-corrected chi connectivity index (χ3v) is 7.37. The van der Waals surface area contributed by atoms with Crippen LogP contribution in [0.5, 0.6) is 0 Å². The second-order valence-electron chi connectivity index (χ2n) is 9.41. The second-order valence-corrected chi connectivity index (χ2v) is 9.84. The normalized spacial score (nSPS) is 20.6. The van der Waals surface area contributed by atoms with Gasteiger partial charge in [-0.3, -0.25) is 14.5 Å². The lowest BCUT2D eigenvalue weighted by Crippen LogP contribution is -2.69. The Labute approximate surface area is 217 Å². The molecule has 36 heavy (non-hydrogen) atoms. The van der Waals surface area contributed by atoms with Crippen molar-refractivity contribution in [2.45, 2.75) is 25.3 Å². The molecule has 2 N–H and O–H groups in total. The van der Waals surface area contributed by atoms with Gasteiger partial charge in [-0.05, 0) is 47.4 Å². The predicted octanol–water partition coefficient (Wildman–Crippen LogP) is 4.59. The number of carbonyl (C=O) groups excluding carboxylic acids is 2. The lowest BCUT2D eigenvalue weighted by molar-refractivity contribution is -0.142. The van der Waals surface area contributed by atoms with Crippen LogP contribution in [0.2, 0.25) is 5.02 Å². The van der Waals surface area contributed by atoms with Crippen molar-refractivity contribution < 1.29 is 9.59 Å². The van der Waals surface area contributed by atoms with E-state index in [0.29, 0.717) is 36.8 Å². The van der Waals surface area contributed by atoms with E-state index in [9.17, 15) is 9.59 Å². The summed E-state index contributed by atoms with van der Waals surface area (Å²) in [5, 5.41) is 7.17. The van der Waals surface area contributed by atoms with Crippen molar-refractivity contribution in [2.75, 3.05) is 42.9 Å². The molecule has 1 saturated heterocycles. The molecule has 186 valence electrons. The zero-order valence-electron chi connectivity index (χ0n) is 20.5. The molecule has 0 aliphatic carbocycles. The van der Waals surface area contributed by atoms with Gasteiger partial charge in [0.25, 0.3) is 11.8 Å². The van der Waals surface area contributed by atoms with Gasteiger partial charge in [0.05, 0.1) is 11.4 Å². The van der Waals surface area contributed by atoms with E-state index in [0.717, 1.165) is 41.9 Å². The third-order valence-electron chi connectivity index (χ3n) is 7.11. The standard InChI is InChI=1S/C29H31ClN4O2/c1-2-17-34-26-6-4-3-5-25(26)32-27(35)29(28(34)36,33-18-15-31-16-19-33)20-21-7-9-22(10-8-21)23-11-13-24(30)14-12-23/h3-14,31H,2,15-20H2,1H3,(H,32,35). The van der Waals surface area contributed by atoms with E-state index in [2.05, 4.69) is 22.5 Å². The van der Waals surface area contributed by atoms with Crippen LogP contribution in [0.25, 0.3) is 11.1 Å². The SMILES string of the molecule is CCCN1C(=O)C(Cc2ccc(-c3ccc(Cl)cc3)cc2)(N2CCNCC2)C(=O)Nc2ccccc21. The number of anilines is 2. The number of piperazine rings is 1. The van der Waals surface area contributed by atoms with Gasteiger partial charge in [0.15, 0.2) is 5.54 Å². The molecule has 1 unspecified atom stereocenters. The summed E-state index contributed by atoms with van der Waals surface area (Å²) in [5.41, 5.74) is 3.17. The summed E-state index contributed by atoms with van der Waals surface area (Å²) in [6, 6.07) is 23.4. The summed E-state index contributed by atoms with van der Waals surface area (Å²) < 4.78 is 0. The van der Waals surface area contributed by atoms with Crippen LogP contribution in [0.15, 0.2) is 72.8 Å². The fourth-order valence-electron chi connectivity index (χ4n) is 5.26. The molecule has 2 aliphatic rings. The maximum atomic E-state index is 14.4. The molecule has 2 amide bonds. The van der Waals surface area contributed by atoms with E-state index in [1.165, 1.54) is 0 Å². The van der Waals surface area contributed by atoms with Gasteiger partial charge < -0.3 is 15.5 Å². The monoisotopic (exact) mass is 502 g/mol. The van der Waals surface area contributed by atoms with Crippen molar-refractivity contribution in [1.29, 1.82) is 0 Å². The minimum absolute atomic E-state index is 0.157. The van der Waals surface area contributed by atoms with Gasteiger partial charge >= 0.3 is 0 Å². The van der Waals surface area contributed by atoms with Gasteiger partial charge in [-0.1, -0.05) is 67.1 Å². The van der Waals surface area contributed by atoms with E-state index in [1.807, 2.05) is 72.8 Å². The number of hydrogen-bond donors (Lipinski definition) is 2. The van der Waals surface area contributed by atoms with E-state index in [4.69, 9.17) is 11.6 Å². The highest BCUT2D eigenvalue weighted by molar-refractivity contribution is 6.30. The summed E-state index contributed by atoms with van der Waals surface area (Å²) in [4.78, 5) is 32.4. The number of hydrogen-bond acceptors (Lipinski definition) is 4. The molecule has 3 aromatic rings. The van der Waals surface area contributed by atoms with Crippen LogP contribution in [0.3, 0.4) is 0 Å². The third kappa shape index (κ3) is 4.52. The molecule has 3 aromatic carbocycles. The number of amides is 2. The number of fused-ring (bicyclic) bond motifs is 1. The number of benzene rings is 3. The van der Waals surface area contributed by atoms with Crippen LogP contribution < -0.4 is 15.5 Å². The Hall–Kier alpha value is -3.19. The molecule has 0 saturated carbocycles. The van der Waals surface area contributed by atoms with Gasteiger partial charge in [0.2, 0.25) is 0 Å². The fourth-order valence-corrected chi connectivity index (χ4v) is 5.39. The van der Waals surface area contributed by atoms with Crippen molar-refractivity contribution in [1.82, 2.24) is 10.2 Å². The first kappa shape index (κ1) is 24.5. The Morgan fingerprint density at radius 2 is 1.53 bits per heavy atom. The smallest absolute Gasteiger partial charge is 0.257 e. The fraction of sp³-hybridized carbons (Fsp3) is 0.310. The zero-order chi connectivity index (χ0) is 25.1. The van der Waals surface area contributed by atoms with E-state index < -0.39 is 5.54 Å². The molecule has 5 rings (SSSR count). The van der Waals surface area contributed by atoms with E-state index in [-0.39, 0.29) is 11.8 Å². The molecule has 2 heterocycles. The summed E-state index contributed by atoms with van der Waals surface area (Å²) >= 11 is 6.05. The van der Waals surface area contributed by atoms with Crippen LogP contribution in [0.1, 0.15) is 18.9 Å². The molecular weight excluding hydrogens is 472 g/mol. The highest BCUT2D eigenvalue weighted by Crippen LogP contribution is 2.37. The van der Waals surface area contributed by atoms with Crippen molar-refractivity contribution in [2.24, 2.45) is 0 Å². The first-order chi connectivity index (χ1) is 17.5. The van der Waals surface area contributed by atoms with E-state index >= 15 is 0 Å². The Morgan fingerprint density at radius 1 is 0.889 bits per heavy atom. The van der Waals surface area contributed by atoms with Gasteiger partial charge in [0, 0.05) is 44.2 Å². The maximum Gasteiger partial charge on any atom is 0.257 e. The van der Waals surface area contributed by atoms with Crippen molar-refractivity contribution in [3.63, 3.8) is 0 Å². The molecule has 0 spiro atoms. The molecule has 2 aliphatic heterocycles. The number of nitrogens with one attached hydrogen (secondary N) is 2. The zero-order valence-corrected chi connectivity index (χ0v) is 21.2. The minimum atomic E-state index is -1.34. The second kappa shape index (κ2) is 10.4. The van der Waals surface area contributed by atoms with Crippen molar-refractivity contribution >= 4 is 34.8 Å². The lowest BCUT2D eigenvalue weighted by Gasteiger charge is -2.44. The number of rotatable bonds is 6. The maximum absolute atomic E-state index is 14.4. The average molecular weight is 503 g/mol. The summed E-state index contributed by atoms with van der Waals surface area (Å²) in [5.74, 6) is -0.419. The predicted molar refractivity (Wildman–Crippen MR) is 145 cm³/mol. The van der Waals surface area contributed by atoms with Gasteiger partial charge in [-0.15, -0.1) is 0 Å². The molecule has 0 radical (unpaired) electrons. The number of halogens is 1. The van der Waals surface area contributed by atoms with Crippen molar-refractivity contribution in [3.05, 3.63) is 83.4 Å². The number of para-hydroxylation sites is 2. The van der Waals surface area contributed by atoms with Crippen LogP contribution in [0.4, 0.5) is 11.4 Å². The van der Waals surface area contributed by atoms with Crippen LogP contribution in [-0.2, 0) is 16.0 Å². The largest absolute Gasteiger partial charge is 0.322 e. The quantitative estimate of drug-likeness (QED) is 0.484. The van der Waals surface area contributed by atoms with Crippen LogP contribution >= 0.6 is 11.6 Å². The minimum Gasteiger partial charge on any atom is -0.322 e. The number of carbonyl (C=O) groups is 2. The highest BCUT2D eigenvalue weighted by Gasteiger charge is 2.54.